The summed E-state index contributed by atoms with van der Waals surface area (Å²) >= 11 is 0. The summed E-state index contributed by atoms with van der Waals surface area (Å²) in [5.41, 5.74) is 5.16. The maximum atomic E-state index is 8.44. The third kappa shape index (κ3) is 6.05. The summed E-state index contributed by atoms with van der Waals surface area (Å²) in [6, 6.07) is 0. The first-order valence-corrected chi connectivity index (χ1v) is 2.77. The van der Waals surface area contributed by atoms with Crippen molar-refractivity contribution in [3.63, 3.8) is 0 Å². The molecule has 0 fully saturated rings. The van der Waals surface area contributed by atoms with Gasteiger partial charge in [-0.25, -0.2) is 0 Å². The molecular weight excluding hydrogens is 142 g/mol. The molecule has 4 heteroatoms. The van der Waals surface area contributed by atoms with E-state index in [4.69, 9.17) is 15.9 Å². The minimum atomic E-state index is -0.0139. The maximum absolute atomic E-state index is 8.44. The van der Waals surface area contributed by atoms with Gasteiger partial charge in [-0.1, -0.05) is 0 Å². The SMILES string of the molecule is Cl.NCCC(CO)CO. The van der Waals surface area contributed by atoms with Gasteiger partial charge in [0.05, 0.1) is 0 Å². The average Bonchev–Trinajstić information content (AvgIpc) is 1.83. The first kappa shape index (κ1) is 11.9. The van der Waals surface area contributed by atoms with Crippen molar-refractivity contribution in [1.82, 2.24) is 0 Å². The van der Waals surface area contributed by atoms with Crippen molar-refractivity contribution >= 4 is 12.4 Å². The highest BCUT2D eigenvalue weighted by molar-refractivity contribution is 5.85. The van der Waals surface area contributed by atoms with Crippen LogP contribution in [0.15, 0.2) is 0 Å². The van der Waals surface area contributed by atoms with Crippen molar-refractivity contribution in [2.24, 2.45) is 11.7 Å². The van der Waals surface area contributed by atoms with Crippen molar-refractivity contribution in [3.8, 4) is 0 Å². The van der Waals surface area contributed by atoms with E-state index >= 15 is 0 Å². The fraction of sp³-hybridized carbons (Fsp3) is 1.00. The Bertz CT molecular complexity index is 50.2. The van der Waals surface area contributed by atoms with Crippen LogP contribution in [0.25, 0.3) is 0 Å². The van der Waals surface area contributed by atoms with Gasteiger partial charge in [-0.2, -0.15) is 0 Å². The molecule has 0 aromatic carbocycles. The summed E-state index contributed by atoms with van der Waals surface area (Å²) in [5, 5.41) is 16.9. The molecule has 0 radical (unpaired) electrons. The number of nitrogens with two attached hydrogens (primary N) is 1. The lowest BCUT2D eigenvalue weighted by Gasteiger charge is -2.06. The molecule has 0 heterocycles. The summed E-state index contributed by atoms with van der Waals surface area (Å²) in [5.74, 6) is -0.0139. The average molecular weight is 156 g/mol. The van der Waals surface area contributed by atoms with Crippen molar-refractivity contribution < 1.29 is 10.2 Å². The van der Waals surface area contributed by atoms with Gasteiger partial charge in [0.2, 0.25) is 0 Å². The standard InChI is InChI=1S/C5H13NO2.ClH/c6-2-1-5(3-7)4-8;/h5,7-8H,1-4,6H2;1H. The molecule has 0 aliphatic heterocycles. The zero-order valence-electron chi connectivity index (χ0n) is 5.29. The minimum absolute atomic E-state index is 0. The van der Waals surface area contributed by atoms with Gasteiger partial charge in [-0.15, -0.1) is 12.4 Å². The third-order valence-electron chi connectivity index (χ3n) is 1.09. The van der Waals surface area contributed by atoms with E-state index in [1.165, 1.54) is 0 Å². The van der Waals surface area contributed by atoms with Crippen LogP contribution >= 0.6 is 12.4 Å². The lowest BCUT2D eigenvalue weighted by atomic mass is 10.1. The molecule has 0 aromatic heterocycles. The Kier molecular flexibility index (Phi) is 10.8. The Labute approximate surface area is 61.3 Å². The van der Waals surface area contributed by atoms with Gasteiger partial charge in [0, 0.05) is 19.1 Å². The van der Waals surface area contributed by atoms with E-state index in [1.54, 1.807) is 0 Å². The summed E-state index contributed by atoms with van der Waals surface area (Å²) in [6.07, 6.45) is 0.701. The minimum Gasteiger partial charge on any atom is -0.396 e. The first-order valence-electron chi connectivity index (χ1n) is 2.77. The Morgan fingerprint density at radius 1 is 1.22 bits per heavy atom. The fourth-order valence-electron chi connectivity index (χ4n) is 0.476. The van der Waals surface area contributed by atoms with Crippen LogP contribution in [0.2, 0.25) is 0 Å². The molecule has 0 bridgehead atoms. The predicted octanol–water partition coefficient (Wildman–Crippen LogP) is -0.642. The molecule has 0 spiro atoms. The smallest absolute Gasteiger partial charge is 0.0481 e. The van der Waals surface area contributed by atoms with Crippen molar-refractivity contribution in [1.29, 1.82) is 0 Å². The second kappa shape index (κ2) is 8.17. The highest BCUT2D eigenvalue weighted by Gasteiger charge is 2.01. The molecule has 0 unspecified atom stereocenters. The second-order valence-corrected chi connectivity index (χ2v) is 1.81. The largest absolute Gasteiger partial charge is 0.396 e. The maximum Gasteiger partial charge on any atom is 0.0481 e. The van der Waals surface area contributed by atoms with Gasteiger partial charge in [0.1, 0.15) is 0 Å². The molecule has 9 heavy (non-hydrogen) atoms. The Morgan fingerprint density at radius 2 is 1.67 bits per heavy atom. The fourth-order valence-corrected chi connectivity index (χ4v) is 0.476. The molecule has 0 rings (SSSR count). The van der Waals surface area contributed by atoms with Crippen LogP contribution in [0.4, 0.5) is 0 Å². The van der Waals surface area contributed by atoms with Crippen LogP contribution in [0.5, 0.6) is 0 Å². The van der Waals surface area contributed by atoms with E-state index in [1.807, 2.05) is 0 Å². The van der Waals surface area contributed by atoms with E-state index in [2.05, 4.69) is 0 Å². The van der Waals surface area contributed by atoms with Crippen LogP contribution < -0.4 is 5.73 Å². The topological polar surface area (TPSA) is 66.5 Å². The third-order valence-corrected chi connectivity index (χ3v) is 1.09. The lowest BCUT2D eigenvalue weighted by molar-refractivity contribution is 0.145. The second-order valence-electron chi connectivity index (χ2n) is 1.81. The summed E-state index contributed by atoms with van der Waals surface area (Å²) in [4.78, 5) is 0. The molecule has 0 saturated carbocycles. The van der Waals surface area contributed by atoms with E-state index in [9.17, 15) is 0 Å². The van der Waals surface area contributed by atoms with Crippen LogP contribution in [-0.4, -0.2) is 30.0 Å². The summed E-state index contributed by atoms with van der Waals surface area (Å²) < 4.78 is 0. The number of aliphatic hydroxyl groups is 2. The van der Waals surface area contributed by atoms with Gasteiger partial charge in [-0.3, -0.25) is 0 Å². The highest BCUT2D eigenvalue weighted by Crippen LogP contribution is 1.96. The van der Waals surface area contributed by atoms with E-state index in [-0.39, 0.29) is 31.5 Å². The monoisotopic (exact) mass is 155 g/mol. The molecule has 0 aliphatic carbocycles. The van der Waals surface area contributed by atoms with Crippen molar-refractivity contribution in [2.75, 3.05) is 19.8 Å². The summed E-state index contributed by atoms with van der Waals surface area (Å²) in [6.45, 7) is 0.604. The van der Waals surface area contributed by atoms with Crippen LogP contribution in [0.1, 0.15) is 6.42 Å². The molecule has 0 saturated heterocycles. The van der Waals surface area contributed by atoms with Crippen molar-refractivity contribution in [2.45, 2.75) is 6.42 Å². The van der Waals surface area contributed by atoms with Gasteiger partial charge in [0.25, 0.3) is 0 Å². The van der Waals surface area contributed by atoms with E-state index in [0.29, 0.717) is 13.0 Å². The Balaban J connectivity index is 0. The van der Waals surface area contributed by atoms with Gasteiger partial charge in [-0.05, 0) is 13.0 Å². The number of rotatable bonds is 4. The molecule has 3 nitrogen and oxygen atoms in total. The number of hydrogen-bond donors (Lipinski definition) is 3. The molecule has 0 atom stereocenters. The molecule has 0 aliphatic rings. The Hall–Kier alpha value is 0.170. The molecular formula is C5H14ClNO2. The predicted molar refractivity (Wildman–Crippen MR) is 38.6 cm³/mol. The zero-order valence-corrected chi connectivity index (χ0v) is 6.10. The normalized spacial score (nSPS) is 9.33. The molecule has 0 aromatic rings. The zero-order chi connectivity index (χ0) is 6.41. The Morgan fingerprint density at radius 3 is 1.78 bits per heavy atom. The molecule has 58 valence electrons. The van der Waals surface area contributed by atoms with Gasteiger partial charge in [0.15, 0.2) is 0 Å². The molecule has 0 amide bonds. The van der Waals surface area contributed by atoms with Gasteiger partial charge >= 0.3 is 0 Å². The van der Waals surface area contributed by atoms with Crippen molar-refractivity contribution in [3.05, 3.63) is 0 Å². The van der Waals surface area contributed by atoms with Crippen LogP contribution in [0, 0.1) is 5.92 Å². The van der Waals surface area contributed by atoms with Gasteiger partial charge < -0.3 is 15.9 Å². The molecule has 4 N–H and O–H groups in total. The number of halogens is 1. The summed E-state index contributed by atoms with van der Waals surface area (Å²) in [7, 11) is 0. The van der Waals surface area contributed by atoms with E-state index < -0.39 is 0 Å². The van der Waals surface area contributed by atoms with Crippen LogP contribution in [-0.2, 0) is 0 Å². The highest BCUT2D eigenvalue weighted by atomic mass is 35.5. The van der Waals surface area contributed by atoms with Crippen LogP contribution in [0.3, 0.4) is 0 Å². The number of hydrogen-bond acceptors (Lipinski definition) is 3. The quantitative estimate of drug-likeness (QED) is 0.506. The number of aliphatic hydroxyl groups excluding tert-OH is 2. The lowest BCUT2D eigenvalue weighted by Crippen LogP contribution is -2.15. The van der Waals surface area contributed by atoms with E-state index in [0.717, 1.165) is 0 Å². The first-order chi connectivity index (χ1) is 3.85.